The lowest BCUT2D eigenvalue weighted by Gasteiger charge is -2.08. The molecule has 1 aliphatic carbocycles. The van der Waals surface area contributed by atoms with Gasteiger partial charge in [0.2, 0.25) is 0 Å². The maximum atomic E-state index is 11.2. The lowest BCUT2D eigenvalue weighted by atomic mass is 9.99. The fourth-order valence-corrected chi connectivity index (χ4v) is 1.86. The van der Waals surface area contributed by atoms with E-state index in [4.69, 9.17) is 15.3 Å². The van der Waals surface area contributed by atoms with E-state index < -0.39 is 17.9 Å². The molecule has 1 aliphatic rings. The highest BCUT2D eigenvalue weighted by atomic mass is 16.4. The summed E-state index contributed by atoms with van der Waals surface area (Å²) in [6.45, 7) is 0. The molecule has 0 saturated carbocycles. The molecule has 2 rings (SSSR count). The van der Waals surface area contributed by atoms with Crippen molar-refractivity contribution in [3.63, 3.8) is 0 Å². The van der Waals surface area contributed by atoms with Crippen LogP contribution in [0.15, 0.2) is 30.0 Å². The van der Waals surface area contributed by atoms with Crippen molar-refractivity contribution in [1.82, 2.24) is 4.98 Å². The normalized spacial score (nSPS) is 13.6. The van der Waals surface area contributed by atoms with Gasteiger partial charge in [0, 0.05) is 23.8 Å². The lowest BCUT2D eigenvalue weighted by molar-refractivity contribution is -0.132. The molecular formula is C13H9NO6. The average molecular weight is 275 g/mol. The van der Waals surface area contributed by atoms with Crippen molar-refractivity contribution in [1.29, 1.82) is 0 Å². The molecule has 20 heavy (non-hydrogen) atoms. The van der Waals surface area contributed by atoms with E-state index in [9.17, 15) is 14.4 Å². The standard InChI is InChI=1S/C13H9NO6/c15-11(16)7-2-1-6(3-7)9-5-14-10(13(19)20)4-8(9)12(17)18/h1-2,4-5H,3H2,(H,15,16)(H,17,18)(H,19,20). The summed E-state index contributed by atoms with van der Waals surface area (Å²) in [6.07, 6.45) is 4.09. The third kappa shape index (κ3) is 2.41. The van der Waals surface area contributed by atoms with Crippen LogP contribution in [0.5, 0.6) is 0 Å². The van der Waals surface area contributed by atoms with Crippen LogP contribution in [-0.4, -0.2) is 38.2 Å². The zero-order valence-electron chi connectivity index (χ0n) is 10.0. The molecule has 3 N–H and O–H groups in total. The largest absolute Gasteiger partial charge is 0.478 e. The fraction of sp³-hybridized carbons (Fsp3) is 0.0769. The molecule has 0 spiro atoms. The molecule has 1 heterocycles. The molecule has 0 radical (unpaired) electrons. The third-order valence-electron chi connectivity index (χ3n) is 2.84. The van der Waals surface area contributed by atoms with Gasteiger partial charge < -0.3 is 15.3 Å². The highest BCUT2D eigenvalue weighted by molar-refractivity contribution is 6.00. The summed E-state index contributed by atoms with van der Waals surface area (Å²) in [5.74, 6) is -3.71. The van der Waals surface area contributed by atoms with Gasteiger partial charge in [-0.05, 0) is 11.6 Å². The minimum Gasteiger partial charge on any atom is -0.478 e. The van der Waals surface area contributed by atoms with Crippen molar-refractivity contribution in [2.75, 3.05) is 0 Å². The van der Waals surface area contributed by atoms with Crippen LogP contribution in [0.3, 0.4) is 0 Å². The molecule has 0 saturated heterocycles. The van der Waals surface area contributed by atoms with Gasteiger partial charge in [0.1, 0.15) is 5.69 Å². The maximum Gasteiger partial charge on any atom is 0.354 e. The Bertz CT molecular complexity index is 686. The van der Waals surface area contributed by atoms with Gasteiger partial charge in [-0.25, -0.2) is 19.4 Å². The van der Waals surface area contributed by atoms with Crippen molar-refractivity contribution in [3.05, 3.63) is 46.8 Å². The monoisotopic (exact) mass is 275 g/mol. The van der Waals surface area contributed by atoms with E-state index in [0.29, 0.717) is 5.57 Å². The summed E-state index contributed by atoms with van der Waals surface area (Å²) in [5, 5.41) is 26.8. The van der Waals surface area contributed by atoms with Crippen LogP contribution >= 0.6 is 0 Å². The summed E-state index contributed by atoms with van der Waals surface area (Å²) < 4.78 is 0. The Morgan fingerprint density at radius 1 is 1.00 bits per heavy atom. The van der Waals surface area contributed by atoms with Gasteiger partial charge in [-0.1, -0.05) is 12.2 Å². The van der Waals surface area contributed by atoms with E-state index in [1.807, 2.05) is 0 Å². The number of pyridine rings is 1. The molecule has 1 aromatic rings. The van der Waals surface area contributed by atoms with E-state index in [1.54, 1.807) is 0 Å². The maximum absolute atomic E-state index is 11.2. The number of allylic oxidation sites excluding steroid dienone is 3. The van der Waals surface area contributed by atoms with E-state index >= 15 is 0 Å². The van der Waals surface area contributed by atoms with E-state index in [0.717, 1.165) is 12.3 Å². The highest BCUT2D eigenvalue weighted by Gasteiger charge is 2.22. The average Bonchev–Trinajstić information content (AvgIpc) is 2.87. The van der Waals surface area contributed by atoms with Crippen molar-refractivity contribution < 1.29 is 29.7 Å². The number of carboxylic acids is 3. The van der Waals surface area contributed by atoms with Crippen LogP contribution in [0, 0.1) is 0 Å². The van der Waals surface area contributed by atoms with Gasteiger partial charge in [-0.2, -0.15) is 0 Å². The minimum atomic E-state index is -1.33. The number of rotatable bonds is 4. The van der Waals surface area contributed by atoms with Gasteiger partial charge in [0.15, 0.2) is 0 Å². The molecule has 1 aromatic heterocycles. The summed E-state index contributed by atoms with van der Waals surface area (Å²) in [7, 11) is 0. The summed E-state index contributed by atoms with van der Waals surface area (Å²) >= 11 is 0. The number of hydrogen-bond acceptors (Lipinski definition) is 4. The molecule has 7 heteroatoms. The second-order valence-electron chi connectivity index (χ2n) is 4.09. The Morgan fingerprint density at radius 3 is 2.20 bits per heavy atom. The van der Waals surface area contributed by atoms with Crippen LogP contribution in [0.4, 0.5) is 0 Å². The van der Waals surface area contributed by atoms with Gasteiger partial charge in [0.05, 0.1) is 5.56 Å². The zero-order chi connectivity index (χ0) is 14.9. The second-order valence-corrected chi connectivity index (χ2v) is 4.09. The topological polar surface area (TPSA) is 125 Å². The van der Waals surface area contributed by atoms with E-state index in [2.05, 4.69) is 4.98 Å². The SMILES string of the molecule is O=C(O)C1=CC=C(c2cnc(C(=O)O)cc2C(=O)O)C1. The molecule has 0 amide bonds. The first-order valence-corrected chi connectivity index (χ1v) is 5.50. The van der Waals surface area contributed by atoms with Crippen molar-refractivity contribution in [2.45, 2.75) is 6.42 Å². The Balaban J connectivity index is 2.41. The van der Waals surface area contributed by atoms with E-state index in [-0.39, 0.29) is 28.8 Å². The van der Waals surface area contributed by atoms with Gasteiger partial charge in [-0.15, -0.1) is 0 Å². The van der Waals surface area contributed by atoms with Crippen molar-refractivity contribution in [3.8, 4) is 0 Å². The smallest absolute Gasteiger partial charge is 0.354 e. The number of aromatic nitrogens is 1. The van der Waals surface area contributed by atoms with Gasteiger partial charge in [-0.3, -0.25) is 0 Å². The lowest BCUT2D eigenvalue weighted by Crippen LogP contribution is -2.08. The molecule has 0 aliphatic heterocycles. The summed E-state index contributed by atoms with van der Waals surface area (Å²) in [6, 6.07) is 0.958. The predicted molar refractivity (Wildman–Crippen MR) is 66.5 cm³/mol. The van der Waals surface area contributed by atoms with Crippen LogP contribution in [0.2, 0.25) is 0 Å². The number of aromatic carboxylic acids is 2. The predicted octanol–water partition coefficient (Wildman–Crippen LogP) is 1.28. The van der Waals surface area contributed by atoms with Crippen molar-refractivity contribution in [2.24, 2.45) is 0 Å². The molecule has 0 unspecified atom stereocenters. The molecule has 0 fully saturated rings. The number of hydrogen-bond donors (Lipinski definition) is 3. The van der Waals surface area contributed by atoms with Gasteiger partial charge in [0.25, 0.3) is 0 Å². The quantitative estimate of drug-likeness (QED) is 0.755. The van der Waals surface area contributed by atoms with Crippen LogP contribution in [0.1, 0.15) is 32.8 Å². The summed E-state index contributed by atoms with van der Waals surface area (Å²) in [5.41, 5.74) is 0.234. The number of nitrogens with zero attached hydrogens (tertiary/aromatic N) is 1. The molecule has 7 nitrogen and oxygen atoms in total. The van der Waals surface area contributed by atoms with Crippen LogP contribution < -0.4 is 0 Å². The first-order valence-electron chi connectivity index (χ1n) is 5.50. The molecular weight excluding hydrogens is 266 g/mol. The molecule has 0 bridgehead atoms. The Labute approximate surface area is 112 Å². The second kappa shape index (κ2) is 4.96. The third-order valence-corrected chi connectivity index (χ3v) is 2.84. The fourth-order valence-electron chi connectivity index (χ4n) is 1.86. The first kappa shape index (κ1) is 13.5. The number of carbonyl (C=O) groups is 3. The number of carboxylic acid groups (broad SMARTS) is 3. The summed E-state index contributed by atoms with van der Waals surface area (Å²) in [4.78, 5) is 36.5. The zero-order valence-corrected chi connectivity index (χ0v) is 10.0. The van der Waals surface area contributed by atoms with Crippen molar-refractivity contribution >= 4 is 23.5 Å². The first-order chi connectivity index (χ1) is 9.40. The minimum absolute atomic E-state index is 0.0731. The molecule has 0 aromatic carbocycles. The highest BCUT2D eigenvalue weighted by Crippen LogP contribution is 2.30. The molecule has 0 atom stereocenters. The van der Waals surface area contributed by atoms with Crippen LogP contribution in [0.25, 0.3) is 5.57 Å². The molecule has 102 valence electrons. The Morgan fingerprint density at radius 2 is 1.70 bits per heavy atom. The number of aliphatic carboxylic acids is 1. The van der Waals surface area contributed by atoms with Crippen LogP contribution in [-0.2, 0) is 4.79 Å². The van der Waals surface area contributed by atoms with Gasteiger partial charge >= 0.3 is 17.9 Å². The Kier molecular flexibility index (Phi) is 3.34. The van der Waals surface area contributed by atoms with E-state index in [1.165, 1.54) is 12.2 Å². The Hall–Kier alpha value is -2.96.